The summed E-state index contributed by atoms with van der Waals surface area (Å²) in [6.45, 7) is 1.26. The molecule has 2 aromatic rings. The van der Waals surface area contributed by atoms with Crippen LogP contribution in [0.3, 0.4) is 0 Å². The number of amides is 1. The van der Waals surface area contributed by atoms with Gasteiger partial charge in [-0.15, -0.1) is 0 Å². The highest BCUT2D eigenvalue weighted by Crippen LogP contribution is 2.13. The molecule has 0 saturated heterocycles. The summed E-state index contributed by atoms with van der Waals surface area (Å²) in [5, 5.41) is 2.60. The molecule has 0 atom stereocenters. The molecule has 0 aromatic heterocycles. The van der Waals surface area contributed by atoms with Gasteiger partial charge in [-0.25, -0.2) is 0 Å². The van der Waals surface area contributed by atoms with Gasteiger partial charge in [-0.05, 0) is 43.3 Å². The van der Waals surface area contributed by atoms with E-state index in [0.717, 1.165) is 10.5 Å². The smallest absolute Gasteiger partial charge is 0.259 e. The van der Waals surface area contributed by atoms with Crippen molar-refractivity contribution in [1.82, 2.24) is 0 Å². The normalized spacial score (nSPS) is 11.0. The van der Waals surface area contributed by atoms with Gasteiger partial charge in [0.15, 0.2) is 11.6 Å². The highest BCUT2D eigenvalue weighted by Gasteiger charge is 2.17. The number of carbonyl (C=O) groups excluding carboxylic acids is 3. The Bertz CT molecular complexity index is 765. The van der Waals surface area contributed by atoms with Crippen LogP contribution in [0.5, 0.6) is 0 Å². The van der Waals surface area contributed by atoms with Gasteiger partial charge >= 0.3 is 0 Å². The minimum absolute atomic E-state index is 0.179. The van der Waals surface area contributed by atoms with Crippen molar-refractivity contribution in [3.63, 3.8) is 0 Å². The van der Waals surface area contributed by atoms with Crippen LogP contribution in [-0.2, 0) is 9.59 Å². The summed E-state index contributed by atoms with van der Waals surface area (Å²) in [6, 6.07) is 15.4. The molecule has 0 bridgehead atoms. The number of hydrogen-bond donors (Lipinski definition) is 1. The molecule has 0 aliphatic carbocycles. The van der Waals surface area contributed by atoms with Gasteiger partial charge in [0, 0.05) is 21.8 Å². The zero-order valence-electron chi connectivity index (χ0n) is 12.4. The molecule has 1 N–H and O–H groups in total. The van der Waals surface area contributed by atoms with Crippen molar-refractivity contribution in [3.8, 4) is 0 Å². The summed E-state index contributed by atoms with van der Waals surface area (Å²) in [5.41, 5.74) is 0.780. The summed E-state index contributed by atoms with van der Waals surface area (Å²) in [6.07, 6.45) is 1.07. The third kappa shape index (κ3) is 4.72. The summed E-state index contributed by atoms with van der Waals surface area (Å²) in [5.74, 6) is -1.47. The molecule has 0 heterocycles. The molecule has 2 rings (SSSR count). The van der Waals surface area contributed by atoms with Crippen molar-refractivity contribution < 1.29 is 14.4 Å². The maximum atomic E-state index is 12.2. The number of Topliss-reactive ketones (excluding diaryl/α,β-unsaturated/α-hetero) is 1. The molecule has 0 unspecified atom stereocenters. The average molecular weight is 372 g/mol. The second-order valence-corrected chi connectivity index (χ2v) is 5.72. The van der Waals surface area contributed by atoms with Gasteiger partial charge < -0.3 is 5.32 Å². The lowest BCUT2D eigenvalue weighted by atomic mass is 10.1. The topological polar surface area (TPSA) is 63.2 Å². The van der Waals surface area contributed by atoms with Crippen LogP contribution in [0.15, 0.2) is 70.7 Å². The van der Waals surface area contributed by atoms with Gasteiger partial charge in [0.25, 0.3) is 5.91 Å². The van der Waals surface area contributed by atoms with Gasteiger partial charge in [0.1, 0.15) is 0 Å². The molecule has 5 heteroatoms. The Hall–Kier alpha value is -2.53. The number of hydrogen-bond acceptors (Lipinski definition) is 3. The van der Waals surface area contributed by atoms with E-state index in [0.29, 0.717) is 11.3 Å². The Morgan fingerprint density at radius 2 is 1.57 bits per heavy atom. The van der Waals surface area contributed by atoms with Crippen molar-refractivity contribution >= 4 is 39.1 Å². The number of halogens is 1. The summed E-state index contributed by atoms with van der Waals surface area (Å²) in [4.78, 5) is 36.1. The fourth-order valence-corrected chi connectivity index (χ4v) is 2.14. The van der Waals surface area contributed by atoms with Crippen molar-refractivity contribution in [2.24, 2.45) is 0 Å². The zero-order valence-corrected chi connectivity index (χ0v) is 14.0. The van der Waals surface area contributed by atoms with E-state index in [1.165, 1.54) is 6.92 Å². The minimum atomic E-state index is -0.603. The number of nitrogens with one attached hydrogen (secondary N) is 1. The lowest BCUT2D eigenvalue weighted by Gasteiger charge is -2.06. The second kappa shape index (κ2) is 7.65. The molecular weight excluding hydrogens is 358 g/mol. The van der Waals surface area contributed by atoms with E-state index >= 15 is 0 Å². The molecule has 0 aliphatic rings. The highest BCUT2D eigenvalue weighted by molar-refractivity contribution is 9.10. The molecule has 4 nitrogen and oxygen atoms in total. The Morgan fingerprint density at radius 3 is 2.13 bits per heavy atom. The number of para-hydroxylation sites is 1. The monoisotopic (exact) mass is 371 g/mol. The lowest BCUT2D eigenvalue weighted by Crippen LogP contribution is -2.20. The number of rotatable bonds is 5. The van der Waals surface area contributed by atoms with Crippen LogP contribution in [0, 0.1) is 0 Å². The minimum Gasteiger partial charge on any atom is -0.322 e. The molecule has 116 valence electrons. The quantitative estimate of drug-likeness (QED) is 0.376. The van der Waals surface area contributed by atoms with Crippen LogP contribution in [0.1, 0.15) is 17.3 Å². The Labute approximate surface area is 142 Å². The van der Waals surface area contributed by atoms with E-state index < -0.39 is 17.5 Å². The molecule has 0 radical (unpaired) electrons. The van der Waals surface area contributed by atoms with Crippen LogP contribution in [0.25, 0.3) is 0 Å². The third-order valence-corrected chi connectivity index (χ3v) is 3.59. The van der Waals surface area contributed by atoms with Gasteiger partial charge in [0.2, 0.25) is 0 Å². The van der Waals surface area contributed by atoms with Gasteiger partial charge in [0.05, 0.1) is 5.57 Å². The van der Waals surface area contributed by atoms with E-state index in [9.17, 15) is 14.4 Å². The van der Waals surface area contributed by atoms with Crippen molar-refractivity contribution in [1.29, 1.82) is 0 Å². The van der Waals surface area contributed by atoms with E-state index in [-0.39, 0.29) is 5.57 Å². The number of anilines is 1. The zero-order chi connectivity index (χ0) is 16.8. The summed E-state index contributed by atoms with van der Waals surface area (Å²) >= 11 is 3.28. The maximum absolute atomic E-state index is 12.2. The predicted octanol–water partition coefficient (Wildman–Crippen LogP) is 3.79. The molecule has 0 saturated carbocycles. The van der Waals surface area contributed by atoms with Crippen molar-refractivity contribution in [3.05, 3.63) is 76.3 Å². The highest BCUT2D eigenvalue weighted by atomic mass is 79.9. The van der Waals surface area contributed by atoms with Crippen LogP contribution >= 0.6 is 15.9 Å². The van der Waals surface area contributed by atoms with Crippen molar-refractivity contribution in [2.45, 2.75) is 6.92 Å². The fraction of sp³-hybridized carbons (Fsp3) is 0.0556. The molecule has 0 aliphatic heterocycles. The van der Waals surface area contributed by atoms with Crippen LogP contribution in [0.4, 0.5) is 5.69 Å². The predicted molar refractivity (Wildman–Crippen MR) is 92.3 cm³/mol. The van der Waals surface area contributed by atoms with Crippen molar-refractivity contribution in [2.75, 3.05) is 5.32 Å². The Balaban J connectivity index is 2.23. The van der Waals surface area contributed by atoms with Gasteiger partial charge in [-0.3, -0.25) is 14.4 Å². The van der Waals surface area contributed by atoms with E-state index in [1.807, 2.05) is 6.07 Å². The first-order chi connectivity index (χ1) is 11.0. The van der Waals surface area contributed by atoms with Crippen LogP contribution < -0.4 is 5.32 Å². The standard InChI is InChI=1S/C18H14BrNO3/c1-12(21)16(18(23)20-15-5-3-2-4-6-15)11-17(22)13-7-9-14(19)10-8-13/h2-11H,1H3,(H,20,23). The summed E-state index contributed by atoms with van der Waals surface area (Å²) < 4.78 is 0.839. The lowest BCUT2D eigenvalue weighted by molar-refractivity contribution is -0.118. The first-order valence-corrected chi connectivity index (χ1v) is 7.65. The van der Waals surface area contributed by atoms with E-state index in [2.05, 4.69) is 21.2 Å². The number of ketones is 2. The Morgan fingerprint density at radius 1 is 0.957 bits per heavy atom. The molecule has 23 heavy (non-hydrogen) atoms. The van der Waals surface area contributed by atoms with Gasteiger partial charge in [-0.1, -0.05) is 34.1 Å². The SMILES string of the molecule is CC(=O)C(=CC(=O)c1ccc(Br)cc1)C(=O)Nc1ccccc1. The van der Waals surface area contributed by atoms with Gasteiger partial charge in [-0.2, -0.15) is 0 Å². The summed E-state index contributed by atoms with van der Waals surface area (Å²) in [7, 11) is 0. The molecule has 0 spiro atoms. The molecular formula is C18H14BrNO3. The van der Waals surface area contributed by atoms with E-state index in [4.69, 9.17) is 0 Å². The molecule has 0 fully saturated rings. The third-order valence-electron chi connectivity index (χ3n) is 3.06. The number of carbonyl (C=O) groups is 3. The first-order valence-electron chi connectivity index (χ1n) is 6.86. The van der Waals surface area contributed by atoms with Crippen LogP contribution in [-0.4, -0.2) is 17.5 Å². The molecule has 1 amide bonds. The number of allylic oxidation sites excluding steroid dienone is 1. The average Bonchev–Trinajstić information content (AvgIpc) is 2.53. The second-order valence-electron chi connectivity index (χ2n) is 4.81. The number of benzene rings is 2. The Kier molecular flexibility index (Phi) is 5.60. The molecule has 2 aromatic carbocycles. The fourth-order valence-electron chi connectivity index (χ4n) is 1.88. The van der Waals surface area contributed by atoms with Crippen LogP contribution in [0.2, 0.25) is 0 Å². The first kappa shape index (κ1) is 16.8. The largest absolute Gasteiger partial charge is 0.322 e. The van der Waals surface area contributed by atoms with E-state index in [1.54, 1.807) is 48.5 Å². The maximum Gasteiger partial charge on any atom is 0.259 e.